The highest BCUT2D eigenvalue weighted by Gasteiger charge is 2.24. The number of nitrogens with two attached hydrogens (primary N) is 1. The highest BCUT2D eigenvalue weighted by molar-refractivity contribution is 7.99. The summed E-state index contributed by atoms with van der Waals surface area (Å²) in [6, 6.07) is 20.2. The normalized spacial score (nSPS) is 10.0. The third-order valence-electron chi connectivity index (χ3n) is 4.29. The number of ether oxygens (including phenoxy) is 1. The first kappa shape index (κ1) is 19.9. The van der Waals surface area contributed by atoms with Crippen LogP contribution in [0.1, 0.15) is 21.5 Å². The second-order valence-corrected chi connectivity index (χ2v) is 7.01. The Kier molecular flexibility index (Phi) is 6.13. The molecular weight excluding hydrogens is 384 g/mol. The van der Waals surface area contributed by atoms with Gasteiger partial charge in [0, 0.05) is 11.1 Å². The van der Waals surface area contributed by atoms with Crippen LogP contribution >= 0.6 is 11.8 Å². The molecule has 142 valence electrons. The lowest BCUT2D eigenvalue weighted by Crippen LogP contribution is -2.19. The number of rotatable bonds is 6. The molecule has 0 amide bonds. The fourth-order valence-electron chi connectivity index (χ4n) is 2.84. The van der Waals surface area contributed by atoms with Crippen LogP contribution in [0, 0.1) is 22.7 Å². The van der Waals surface area contributed by atoms with Crippen molar-refractivity contribution in [1.29, 1.82) is 10.5 Å². The zero-order valence-electron chi connectivity index (χ0n) is 15.6. The van der Waals surface area contributed by atoms with Gasteiger partial charge >= 0.3 is 0 Å². The van der Waals surface area contributed by atoms with Crippen molar-refractivity contribution in [3.05, 3.63) is 71.3 Å². The Labute approximate surface area is 172 Å². The van der Waals surface area contributed by atoms with E-state index < -0.39 is 0 Å². The zero-order chi connectivity index (χ0) is 20.8. The van der Waals surface area contributed by atoms with Crippen LogP contribution in [0.5, 0.6) is 5.75 Å². The molecule has 1 heterocycles. The summed E-state index contributed by atoms with van der Waals surface area (Å²) >= 11 is 1.18. The number of benzene rings is 2. The molecule has 3 N–H and O–H groups in total. The SMILES string of the molecule is COc1ccc(C(=O)CSc2[nH+]c(N)c(C#N)c(-c3ccccc3)c2C#N)cc1. The second-order valence-electron chi connectivity index (χ2n) is 6.02. The van der Waals surface area contributed by atoms with Crippen LogP contribution in [0.4, 0.5) is 5.82 Å². The average molecular weight is 401 g/mol. The predicted molar refractivity (Wildman–Crippen MR) is 110 cm³/mol. The van der Waals surface area contributed by atoms with Crippen LogP contribution in [-0.2, 0) is 0 Å². The van der Waals surface area contributed by atoms with Crippen molar-refractivity contribution in [3.63, 3.8) is 0 Å². The largest absolute Gasteiger partial charge is 0.497 e. The molecule has 0 bridgehead atoms. The van der Waals surface area contributed by atoms with Gasteiger partial charge in [-0.2, -0.15) is 10.5 Å². The van der Waals surface area contributed by atoms with E-state index in [1.165, 1.54) is 11.8 Å². The zero-order valence-corrected chi connectivity index (χ0v) is 16.4. The van der Waals surface area contributed by atoms with E-state index in [9.17, 15) is 15.3 Å². The number of carbonyl (C=O) groups is 1. The van der Waals surface area contributed by atoms with Crippen molar-refractivity contribution in [2.24, 2.45) is 0 Å². The lowest BCUT2D eigenvalue weighted by molar-refractivity contribution is -0.410. The number of hydrogen-bond acceptors (Lipinski definition) is 6. The number of anilines is 1. The molecule has 29 heavy (non-hydrogen) atoms. The number of carbonyl (C=O) groups excluding carboxylic acids is 1. The Morgan fingerprint density at radius 3 is 2.31 bits per heavy atom. The summed E-state index contributed by atoms with van der Waals surface area (Å²) in [4.78, 5) is 15.4. The summed E-state index contributed by atoms with van der Waals surface area (Å²) in [5.41, 5.74) is 8.26. The number of nitriles is 2. The first-order chi connectivity index (χ1) is 14.1. The van der Waals surface area contributed by atoms with Crippen molar-refractivity contribution >= 4 is 23.4 Å². The molecule has 0 unspecified atom stereocenters. The first-order valence-electron chi connectivity index (χ1n) is 8.63. The van der Waals surface area contributed by atoms with Gasteiger partial charge in [-0.05, 0) is 29.8 Å². The van der Waals surface area contributed by atoms with Crippen LogP contribution in [0.2, 0.25) is 0 Å². The molecule has 0 radical (unpaired) electrons. The summed E-state index contributed by atoms with van der Waals surface area (Å²) in [7, 11) is 1.56. The van der Waals surface area contributed by atoms with Gasteiger partial charge in [-0.1, -0.05) is 42.1 Å². The lowest BCUT2D eigenvalue weighted by atomic mass is 9.97. The van der Waals surface area contributed by atoms with Gasteiger partial charge in [0.05, 0.1) is 12.9 Å². The fourth-order valence-corrected chi connectivity index (χ4v) is 3.76. The number of hydrogen-bond donors (Lipinski definition) is 1. The summed E-state index contributed by atoms with van der Waals surface area (Å²) in [5, 5.41) is 19.8. The summed E-state index contributed by atoms with van der Waals surface area (Å²) in [5.74, 6) is 0.836. The number of H-pyrrole nitrogens is 1. The van der Waals surface area contributed by atoms with Gasteiger partial charge in [-0.3, -0.25) is 10.5 Å². The van der Waals surface area contributed by atoms with Crippen molar-refractivity contribution in [2.45, 2.75) is 5.03 Å². The van der Waals surface area contributed by atoms with Crippen molar-refractivity contribution in [2.75, 3.05) is 18.6 Å². The highest BCUT2D eigenvalue weighted by Crippen LogP contribution is 2.33. The summed E-state index contributed by atoms with van der Waals surface area (Å²) < 4.78 is 5.10. The topological polar surface area (TPSA) is 114 Å². The third kappa shape index (κ3) is 4.21. The number of aromatic amines is 1. The van der Waals surface area contributed by atoms with Gasteiger partial charge in [0.15, 0.2) is 10.8 Å². The molecule has 0 aliphatic rings. The van der Waals surface area contributed by atoms with E-state index in [0.29, 0.717) is 27.5 Å². The Balaban J connectivity index is 1.95. The van der Waals surface area contributed by atoms with E-state index in [4.69, 9.17) is 10.5 Å². The van der Waals surface area contributed by atoms with Gasteiger partial charge in [0.2, 0.25) is 0 Å². The molecule has 7 heteroatoms. The molecule has 3 aromatic rings. The Bertz CT molecular complexity index is 1130. The quantitative estimate of drug-likeness (QED) is 0.500. The number of thioether (sulfide) groups is 1. The number of nitrogens with one attached hydrogen (secondary N) is 1. The molecule has 0 saturated heterocycles. The molecule has 0 spiro atoms. The molecule has 0 saturated carbocycles. The van der Waals surface area contributed by atoms with E-state index in [1.807, 2.05) is 30.3 Å². The molecule has 0 atom stereocenters. The predicted octanol–water partition coefficient (Wildman–Crippen LogP) is 3.48. The van der Waals surface area contributed by atoms with E-state index in [-0.39, 0.29) is 28.5 Å². The molecule has 3 rings (SSSR count). The van der Waals surface area contributed by atoms with Crippen molar-refractivity contribution in [3.8, 4) is 29.0 Å². The monoisotopic (exact) mass is 401 g/mol. The number of pyridine rings is 1. The van der Waals surface area contributed by atoms with Crippen molar-refractivity contribution < 1.29 is 14.5 Å². The van der Waals surface area contributed by atoms with Crippen molar-refractivity contribution in [1.82, 2.24) is 0 Å². The van der Waals surface area contributed by atoms with Gasteiger partial charge in [-0.15, -0.1) is 0 Å². The van der Waals surface area contributed by atoms with Crippen LogP contribution in [0.15, 0.2) is 59.6 Å². The number of methoxy groups -OCH3 is 1. The molecule has 2 aromatic carbocycles. The van der Waals surface area contributed by atoms with Gasteiger partial charge in [0.1, 0.15) is 29.0 Å². The highest BCUT2D eigenvalue weighted by atomic mass is 32.2. The van der Waals surface area contributed by atoms with Crippen LogP contribution in [0.25, 0.3) is 11.1 Å². The summed E-state index contributed by atoms with van der Waals surface area (Å²) in [6.07, 6.45) is 0. The maximum Gasteiger partial charge on any atom is 0.289 e. The minimum absolute atomic E-state index is 0.0980. The molecular formula is C22H17N4O2S+. The first-order valence-corrected chi connectivity index (χ1v) is 9.62. The van der Waals surface area contributed by atoms with Gasteiger partial charge in [0.25, 0.3) is 5.82 Å². The maximum atomic E-state index is 12.5. The standard InChI is InChI=1S/C22H16N4O2S/c1-28-16-9-7-14(8-10-16)19(27)13-29-22-18(12-24)20(15-5-3-2-4-6-15)17(11-23)21(25)26-22/h2-10H,13H2,1H3,(H2,25,26)/p+1. The number of ketones is 1. The minimum atomic E-state index is -0.0980. The number of nitrogens with zero attached hydrogens (tertiary/aromatic N) is 2. The second kappa shape index (κ2) is 8.92. The molecule has 0 fully saturated rings. The van der Waals surface area contributed by atoms with Crippen LogP contribution < -0.4 is 15.5 Å². The smallest absolute Gasteiger partial charge is 0.289 e. The Morgan fingerprint density at radius 2 is 1.72 bits per heavy atom. The van der Waals surface area contributed by atoms with Crippen LogP contribution in [0.3, 0.4) is 0 Å². The van der Waals surface area contributed by atoms with Crippen LogP contribution in [-0.4, -0.2) is 18.6 Å². The van der Waals surface area contributed by atoms with Gasteiger partial charge in [-0.25, -0.2) is 4.98 Å². The fraction of sp³-hybridized carbons (Fsp3) is 0.0909. The molecule has 1 aromatic heterocycles. The maximum absolute atomic E-state index is 12.5. The Hall–Kier alpha value is -3.81. The Morgan fingerprint density at radius 1 is 1.07 bits per heavy atom. The molecule has 0 aliphatic carbocycles. The number of aromatic nitrogens is 1. The molecule has 6 nitrogen and oxygen atoms in total. The number of nitrogen functional groups attached to an aromatic ring is 1. The number of Topliss-reactive ketones (excluding diaryl/α,β-unsaturated/α-hetero) is 1. The molecule has 0 aliphatic heterocycles. The van der Waals surface area contributed by atoms with Gasteiger partial charge < -0.3 is 4.74 Å². The average Bonchev–Trinajstić information content (AvgIpc) is 2.77. The third-order valence-corrected chi connectivity index (χ3v) is 5.29. The minimum Gasteiger partial charge on any atom is -0.497 e. The van der Waals surface area contributed by atoms with E-state index in [2.05, 4.69) is 17.1 Å². The van der Waals surface area contributed by atoms with E-state index >= 15 is 0 Å². The van der Waals surface area contributed by atoms with E-state index in [0.717, 1.165) is 0 Å². The van der Waals surface area contributed by atoms with E-state index in [1.54, 1.807) is 31.4 Å². The lowest BCUT2D eigenvalue weighted by Gasteiger charge is -2.10. The summed E-state index contributed by atoms with van der Waals surface area (Å²) in [6.45, 7) is 0.